The summed E-state index contributed by atoms with van der Waals surface area (Å²) in [4.78, 5) is 15.9. The standard InChI is InChI=1S/C18H19Cl2NO2S/c19-16-6-1-7-17(20)15(16)10-18(22)21(11-13-4-2-8-23-13)12-14-5-3-9-24-14/h1,3,5-7,9,13H,2,4,8,10-12H2. The second-order valence-electron chi connectivity index (χ2n) is 5.87. The van der Waals surface area contributed by atoms with Gasteiger partial charge in [-0.2, -0.15) is 0 Å². The largest absolute Gasteiger partial charge is 0.376 e. The van der Waals surface area contributed by atoms with Crippen molar-refractivity contribution in [3.05, 3.63) is 56.2 Å². The molecule has 1 aliphatic rings. The number of nitrogens with zero attached hydrogens (tertiary/aromatic N) is 1. The fourth-order valence-corrected chi connectivity index (χ4v) is 4.09. The monoisotopic (exact) mass is 383 g/mol. The molecule has 3 rings (SSSR count). The lowest BCUT2D eigenvalue weighted by Crippen LogP contribution is -2.37. The Kier molecular flexibility index (Phi) is 6.17. The Morgan fingerprint density at radius 3 is 2.67 bits per heavy atom. The van der Waals surface area contributed by atoms with Crippen molar-refractivity contribution >= 4 is 40.4 Å². The van der Waals surface area contributed by atoms with Crippen molar-refractivity contribution in [2.75, 3.05) is 13.2 Å². The van der Waals surface area contributed by atoms with Gasteiger partial charge in [0.1, 0.15) is 0 Å². The third kappa shape index (κ3) is 4.51. The Hall–Kier alpha value is -1.07. The Morgan fingerprint density at radius 2 is 2.04 bits per heavy atom. The van der Waals surface area contributed by atoms with Crippen LogP contribution in [0.25, 0.3) is 0 Å². The Morgan fingerprint density at radius 1 is 1.25 bits per heavy atom. The predicted octanol–water partition coefficient (Wildman–Crippen LogP) is 4.81. The second kappa shape index (κ2) is 8.34. The van der Waals surface area contributed by atoms with E-state index in [4.69, 9.17) is 27.9 Å². The first kappa shape index (κ1) is 17.7. The van der Waals surface area contributed by atoms with Crippen LogP contribution < -0.4 is 0 Å². The number of rotatable bonds is 6. The molecule has 1 saturated heterocycles. The molecular formula is C18H19Cl2NO2S. The molecule has 0 saturated carbocycles. The second-order valence-corrected chi connectivity index (χ2v) is 7.71. The van der Waals surface area contributed by atoms with Gasteiger partial charge in [-0.3, -0.25) is 4.79 Å². The maximum Gasteiger partial charge on any atom is 0.227 e. The molecule has 3 nitrogen and oxygen atoms in total. The summed E-state index contributed by atoms with van der Waals surface area (Å²) in [5.41, 5.74) is 0.689. The molecule has 1 unspecified atom stereocenters. The maximum atomic E-state index is 12.9. The van der Waals surface area contributed by atoms with Gasteiger partial charge in [-0.15, -0.1) is 11.3 Å². The molecule has 6 heteroatoms. The molecule has 1 aromatic carbocycles. The molecular weight excluding hydrogens is 365 g/mol. The van der Waals surface area contributed by atoms with Crippen LogP contribution in [0.3, 0.4) is 0 Å². The zero-order valence-corrected chi connectivity index (χ0v) is 15.5. The first-order valence-electron chi connectivity index (χ1n) is 7.98. The molecule has 1 fully saturated rings. The molecule has 0 aliphatic carbocycles. The first-order valence-corrected chi connectivity index (χ1v) is 9.61. The number of hydrogen-bond donors (Lipinski definition) is 0. The fourth-order valence-electron chi connectivity index (χ4n) is 2.84. The molecule has 1 atom stereocenters. The highest BCUT2D eigenvalue weighted by molar-refractivity contribution is 7.09. The van der Waals surface area contributed by atoms with Crippen molar-refractivity contribution in [2.45, 2.75) is 31.9 Å². The van der Waals surface area contributed by atoms with Crippen molar-refractivity contribution in [1.82, 2.24) is 4.90 Å². The van der Waals surface area contributed by atoms with Crippen LogP contribution >= 0.6 is 34.5 Å². The highest BCUT2D eigenvalue weighted by atomic mass is 35.5. The summed E-state index contributed by atoms with van der Waals surface area (Å²) >= 11 is 14.1. The molecule has 2 heterocycles. The maximum absolute atomic E-state index is 12.9. The number of thiophene rings is 1. The number of benzene rings is 1. The summed E-state index contributed by atoms with van der Waals surface area (Å²) in [5, 5.41) is 3.09. The number of amides is 1. The van der Waals surface area contributed by atoms with Crippen molar-refractivity contribution in [3.8, 4) is 0 Å². The molecule has 1 aliphatic heterocycles. The SMILES string of the molecule is O=C(Cc1c(Cl)cccc1Cl)N(Cc1cccs1)CC1CCCO1. The number of ether oxygens (including phenoxy) is 1. The van der Waals surface area contributed by atoms with E-state index in [1.165, 1.54) is 0 Å². The van der Waals surface area contributed by atoms with Crippen LogP contribution in [0.1, 0.15) is 23.3 Å². The Labute approximate surface area is 156 Å². The summed E-state index contributed by atoms with van der Waals surface area (Å²) in [5.74, 6) is 0.0221. The molecule has 0 spiro atoms. The van der Waals surface area contributed by atoms with Crippen LogP contribution in [-0.4, -0.2) is 30.1 Å². The van der Waals surface area contributed by atoms with Crippen LogP contribution in [0, 0.1) is 0 Å². The van der Waals surface area contributed by atoms with Gasteiger partial charge in [0.15, 0.2) is 0 Å². The van der Waals surface area contributed by atoms with Gasteiger partial charge in [0.2, 0.25) is 5.91 Å². The molecule has 1 amide bonds. The highest BCUT2D eigenvalue weighted by Crippen LogP contribution is 2.26. The van der Waals surface area contributed by atoms with Crippen LogP contribution in [0.4, 0.5) is 0 Å². The van der Waals surface area contributed by atoms with E-state index in [1.54, 1.807) is 29.5 Å². The zero-order chi connectivity index (χ0) is 16.9. The molecule has 0 bridgehead atoms. The van der Waals surface area contributed by atoms with Crippen molar-refractivity contribution < 1.29 is 9.53 Å². The predicted molar refractivity (Wildman–Crippen MR) is 98.9 cm³/mol. The lowest BCUT2D eigenvalue weighted by molar-refractivity contribution is -0.132. The topological polar surface area (TPSA) is 29.5 Å². The van der Waals surface area contributed by atoms with Crippen molar-refractivity contribution in [3.63, 3.8) is 0 Å². The smallest absolute Gasteiger partial charge is 0.227 e. The molecule has 0 radical (unpaired) electrons. The van der Waals surface area contributed by atoms with Crippen molar-refractivity contribution in [1.29, 1.82) is 0 Å². The summed E-state index contributed by atoms with van der Waals surface area (Å²) in [6, 6.07) is 9.36. The minimum atomic E-state index is 0.0221. The molecule has 1 aromatic heterocycles. The average Bonchev–Trinajstić information content (AvgIpc) is 3.24. The number of halogens is 2. The molecule has 128 valence electrons. The van der Waals surface area contributed by atoms with E-state index in [9.17, 15) is 4.79 Å². The van der Waals surface area contributed by atoms with Gasteiger partial charge in [0.05, 0.1) is 19.1 Å². The van der Waals surface area contributed by atoms with E-state index in [-0.39, 0.29) is 18.4 Å². The third-order valence-electron chi connectivity index (χ3n) is 4.12. The zero-order valence-electron chi connectivity index (χ0n) is 13.2. The van der Waals surface area contributed by atoms with Crippen LogP contribution in [-0.2, 0) is 22.5 Å². The quantitative estimate of drug-likeness (QED) is 0.716. The molecule has 24 heavy (non-hydrogen) atoms. The Bertz CT molecular complexity index is 664. The molecule has 0 N–H and O–H groups in total. The first-order chi connectivity index (χ1) is 11.6. The third-order valence-corrected chi connectivity index (χ3v) is 5.69. The van der Waals surface area contributed by atoms with E-state index >= 15 is 0 Å². The van der Waals surface area contributed by atoms with E-state index in [0.717, 1.165) is 24.3 Å². The number of carbonyl (C=O) groups excluding carboxylic acids is 1. The van der Waals surface area contributed by atoms with Crippen LogP contribution in [0.5, 0.6) is 0 Å². The summed E-state index contributed by atoms with van der Waals surface area (Å²) in [7, 11) is 0. The van der Waals surface area contributed by atoms with Gasteiger partial charge in [-0.25, -0.2) is 0 Å². The van der Waals surface area contributed by atoms with Gasteiger partial charge in [-0.05, 0) is 42.0 Å². The van der Waals surface area contributed by atoms with Gasteiger partial charge in [0, 0.05) is 28.1 Å². The van der Waals surface area contributed by atoms with Crippen LogP contribution in [0.2, 0.25) is 10.0 Å². The minimum absolute atomic E-state index is 0.0221. The Balaban J connectivity index is 1.74. The summed E-state index contributed by atoms with van der Waals surface area (Å²) in [6.45, 7) is 1.99. The lowest BCUT2D eigenvalue weighted by Gasteiger charge is -2.25. The minimum Gasteiger partial charge on any atom is -0.376 e. The summed E-state index contributed by atoms with van der Waals surface area (Å²) in [6.07, 6.45) is 2.38. The van der Waals surface area contributed by atoms with Gasteiger partial charge < -0.3 is 9.64 Å². The van der Waals surface area contributed by atoms with Gasteiger partial charge in [0.25, 0.3) is 0 Å². The van der Waals surface area contributed by atoms with Crippen LogP contribution in [0.15, 0.2) is 35.7 Å². The molecule has 2 aromatic rings. The number of carbonyl (C=O) groups is 1. The van der Waals surface area contributed by atoms with E-state index in [1.807, 2.05) is 22.4 Å². The normalized spacial score (nSPS) is 17.2. The van der Waals surface area contributed by atoms with E-state index in [2.05, 4.69) is 0 Å². The van der Waals surface area contributed by atoms with E-state index in [0.29, 0.717) is 28.7 Å². The van der Waals surface area contributed by atoms with Crippen molar-refractivity contribution in [2.24, 2.45) is 0 Å². The van der Waals surface area contributed by atoms with Gasteiger partial charge in [-0.1, -0.05) is 35.3 Å². The number of hydrogen-bond acceptors (Lipinski definition) is 3. The summed E-state index contributed by atoms with van der Waals surface area (Å²) < 4.78 is 5.71. The lowest BCUT2D eigenvalue weighted by atomic mass is 10.1. The van der Waals surface area contributed by atoms with Gasteiger partial charge >= 0.3 is 0 Å². The fraction of sp³-hybridized carbons (Fsp3) is 0.389. The van der Waals surface area contributed by atoms with E-state index < -0.39 is 0 Å². The average molecular weight is 384 g/mol. The highest BCUT2D eigenvalue weighted by Gasteiger charge is 2.24.